The number of nitrogens with one attached hydrogen (secondary N) is 1. The van der Waals surface area contributed by atoms with E-state index in [2.05, 4.69) is 24.3 Å². The Bertz CT molecular complexity index is 507. The summed E-state index contributed by atoms with van der Waals surface area (Å²) in [5.41, 5.74) is 2.88. The van der Waals surface area contributed by atoms with Crippen molar-refractivity contribution in [3.05, 3.63) is 17.0 Å². The number of aliphatic carboxylic acids is 1. The lowest BCUT2D eigenvalue weighted by atomic mass is 10.1. The zero-order valence-corrected chi connectivity index (χ0v) is 13.3. The van der Waals surface area contributed by atoms with Gasteiger partial charge >= 0.3 is 5.97 Å². The first kappa shape index (κ1) is 17.2. The predicted octanol–water partition coefficient (Wildman–Crippen LogP) is 1.68. The van der Waals surface area contributed by atoms with Gasteiger partial charge in [0.05, 0.1) is 12.1 Å². The summed E-state index contributed by atoms with van der Waals surface area (Å²) in [7, 11) is 0. The Hall–Kier alpha value is -1.85. The lowest BCUT2D eigenvalue weighted by Crippen LogP contribution is -2.26. The zero-order valence-electron chi connectivity index (χ0n) is 13.3. The molecule has 118 valence electrons. The summed E-state index contributed by atoms with van der Waals surface area (Å²) >= 11 is 0. The molecular weight excluding hydrogens is 270 g/mol. The maximum atomic E-state index is 11.9. The number of rotatable bonds is 8. The van der Waals surface area contributed by atoms with Gasteiger partial charge in [-0.1, -0.05) is 13.8 Å². The molecule has 0 radical (unpaired) electrons. The number of nitrogens with zero attached hydrogens (tertiary/aromatic N) is 2. The van der Waals surface area contributed by atoms with Gasteiger partial charge in [-0.2, -0.15) is 5.10 Å². The molecule has 0 aromatic carbocycles. The van der Waals surface area contributed by atoms with E-state index in [9.17, 15) is 9.59 Å². The van der Waals surface area contributed by atoms with E-state index >= 15 is 0 Å². The van der Waals surface area contributed by atoms with Gasteiger partial charge in [-0.15, -0.1) is 0 Å². The highest BCUT2D eigenvalue weighted by Crippen LogP contribution is 2.15. The Morgan fingerprint density at radius 1 is 1.33 bits per heavy atom. The molecule has 6 nitrogen and oxygen atoms in total. The third-order valence-corrected chi connectivity index (χ3v) is 3.30. The number of hydrogen-bond donors (Lipinski definition) is 2. The van der Waals surface area contributed by atoms with E-state index in [0.29, 0.717) is 25.3 Å². The van der Waals surface area contributed by atoms with Crippen molar-refractivity contribution in [1.82, 2.24) is 15.1 Å². The standard InChI is InChI=1S/C15H25N3O3/c1-10(2)9-18-12(4)13(11(3)17-18)8-14(19)16-7-5-6-15(20)21/h10H,5-9H2,1-4H3,(H,16,19)(H,20,21). The van der Waals surface area contributed by atoms with Crippen LogP contribution in [0.2, 0.25) is 0 Å². The molecule has 0 fully saturated rings. The average molecular weight is 295 g/mol. The Morgan fingerprint density at radius 2 is 2.00 bits per heavy atom. The molecule has 1 heterocycles. The molecule has 1 aromatic rings. The summed E-state index contributed by atoms with van der Waals surface area (Å²) in [5.74, 6) is -0.428. The SMILES string of the molecule is Cc1nn(CC(C)C)c(C)c1CC(=O)NCCCC(=O)O. The summed E-state index contributed by atoms with van der Waals surface area (Å²) in [6.07, 6.45) is 0.819. The number of carbonyl (C=O) groups excluding carboxylic acids is 1. The third-order valence-electron chi connectivity index (χ3n) is 3.30. The average Bonchev–Trinajstić information content (AvgIpc) is 2.61. The zero-order chi connectivity index (χ0) is 16.0. The molecule has 0 aliphatic carbocycles. The number of aromatic nitrogens is 2. The van der Waals surface area contributed by atoms with E-state index in [0.717, 1.165) is 23.5 Å². The second-order valence-electron chi connectivity index (χ2n) is 5.75. The van der Waals surface area contributed by atoms with Gasteiger partial charge in [-0.3, -0.25) is 14.3 Å². The summed E-state index contributed by atoms with van der Waals surface area (Å²) in [4.78, 5) is 22.3. The maximum absolute atomic E-state index is 11.9. The summed E-state index contributed by atoms with van der Waals surface area (Å²) in [6, 6.07) is 0. The molecule has 0 saturated carbocycles. The predicted molar refractivity (Wildman–Crippen MR) is 80.1 cm³/mol. The highest BCUT2D eigenvalue weighted by Gasteiger charge is 2.15. The second-order valence-corrected chi connectivity index (χ2v) is 5.75. The molecular formula is C15H25N3O3. The van der Waals surface area contributed by atoms with Crippen LogP contribution in [0.25, 0.3) is 0 Å². The van der Waals surface area contributed by atoms with Crippen LogP contribution in [0.5, 0.6) is 0 Å². The quantitative estimate of drug-likeness (QED) is 0.715. The van der Waals surface area contributed by atoms with E-state index in [-0.39, 0.29) is 12.3 Å². The van der Waals surface area contributed by atoms with Crippen LogP contribution in [0.1, 0.15) is 43.6 Å². The van der Waals surface area contributed by atoms with E-state index in [1.807, 2.05) is 18.5 Å². The second kappa shape index (κ2) is 7.81. The minimum absolute atomic E-state index is 0.0741. The number of carboxylic acids is 1. The van der Waals surface area contributed by atoms with E-state index in [1.165, 1.54) is 0 Å². The van der Waals surface area contributed by atoms with Gasteiger partial charge in [0.15, 0.2) is 0 Å². The van der Waals surface area contributed by atoms with Gasteiger partial charge in [0.2, 0.25) is 5.91 Å². The van der Waals surface area contributed by atoms with Crippen molar-refractivity contribution in [3.63, 3.8) is 0 Å². The molecule has 0 aliphatic heterocycles. The molecule has 21 heavy (non-hydrogen) atoms. The molecule has 1 rings (SSSR count). The molecule has 0 spiro atoms. The molecule has 0 bridgehead atoms. The molecule has 0 saturated heterocycles. The molecule has 6 heteroatoms. The highest BCUT2D eigenvalue weighted by molar-refractivity contribution is 5.79. The van der Waals surface area contributed by atoms with Crippen molar-refractivity contribution in [2.24, 2.45) is 5.92 Å². The minimum atomic E-state index is -0.842. The van der Waals surface area contributed by atoms with Crippen molar-refractivity contribution in [2.75, 3.05) is 6.54 Å². The first-order valence-corrected chi connectivity index (χ1v) is 7.32. The van der Waals surface area contributed by atoms with Gasteiger partial charge in [0, 0.05) is 30.8 Å². The Kier molecular flexibility index (Phi) is 6.39. The summed E-state index contributed by atoms with van der Waals surface area (Å²) in [6.45, 7) is 9.39. The van der Waals surface area contributed by atoms with Crippen LogP contribution in [0.3, 0.4) is 0 Å². The molecule has 0 atom stereocenters. The lowest BCUT2D eigenvalue weighted by molar-refractivity contribution is -0.137. The first-order chi connectivity index (χ1) is 9.81. The Labute approximate surface area is 125 Å². The van der Waals surface area contributed by atoms with Crippen LogP contribution in [0.15, 0.2) is 0 Å². The van der Waals surface area contributed by atoms with Crippen LogP contribution in [0.4, 0.5) is 0 Å². The van der Waals surface area contributed by atoms with Crippen molar-refractivity contribution in [1.29, 1.82) is 0 Å². The number of carbonyl (C=O) groups is 2. The van der Waals surface area contributed by atoms with Crippen LogP contribution in [0, 0.1) is 19.8 Å². The van der Waals surface area contributed by atoms with E-state index < -0.39 is 5.97 Å². The fourth-order valence-electron chi connectivity index (χ4n) is 2.20. The number of hydrogen-bond acceptors (Lipinski definition) is 3. The Balaban J connectivity index is 2.56. The van der Waals surface area contributed by atoms with Gasteiger partial charge in [-0.05, 0) is 26.2 Å². The highest BCUT2D eigenvalue weighted by atomic mass is 16.4. The topological polar surface area (TPSA) is 84.2 Å². The van der Waals surface area contributed by atoms with Crippen molar-refractivity contribution in [3.8, 4) is 0 Å². The molecule has 0 aliphatic rings. The number of aryl methyl sites for hydroxylation is 1. The van der Waals surface area contributed by atoms with Crippen LogP contribution in [-0.2, 0) is 22.6 Å². The normalized spacial score (nSPS) is 10.9. The number of amides is 1. The summed E-state index contributed by atoms with van der Waals surface area (Å²) < 4.78 is 1.95. The van der Waals surface area contributed by atoms with Gasteiger partial charge < -0.3 is 10.4 Å². The van der Waals surface area contributed by atoms with Crippen LogP contribution >= 0.6 is 0 Å². The van der Waals surface area contributed by atoms with Gasteiger partial charge in [0.1, 0.15) is 0 Å². The number of carboxylic acid groups (broad SMARTS) is 1. The molecule has 1 amide bonds. The fourth-order valence-corrected chi connectivity index (χ4v) is 2.20. The lowest BCUT2D eigenvalue weighted by Gasteiger charge is -2.08. The Morgan fingerprint density at radius 3 is 2.57 bits per heavy atom. The fraction of sp³-hybridized carbons (Fsp3) is 0.667. The van der Waals surface area contributed by atoms with Crippen LogP contribution in [-0.4, -0.2) is 33.3 Å². The smallest absolute Gasteiger partial charge is 0.303 e. The van der Waals surface area contributed by atoms with Crippen molar-refractivity contribution in [2.45, 2.75) is 53.5 Å². The maximum Gasteiger partial charge on any atom is 0.303 e. The van der Waals surface area contributed by atoms with Crippen molar-refractivity contribution >= 4 is 11.9 Å². The van der Waals surface area contributed by atoms with Crippen molar-refractivity contribution < 1.29 is 14.7 Å². The largest absolute Gasteiger partial charge is 0.481 e. The monoisotopic (exact) mass is 295 g/mol. The summed E-state index contributed by atoms with van der Waals surface area (Å²) in [5, 5.41) is 15.8. The molecule has 0 unspecified atom stereocenters. The third kappa shape index (κ3) is 5.57. The van der Waals surface area contributed by atoms with Gasteiger partial charge in [0.25, 0.3) is 0 Å². The molecule has 2 N–H and O–H groups in total. The van der Waals surface area contributed by atoms with Gasteiger partial charge in [-0.25, -0.2) is 0 Å². The van der Waals surface area contributed by atoms with E-state index in [1.54, 1.807) is 0 Å². The van der Waals surface area contributed by atoms with Crippen LogP contribution < -0.4 is 5.32 Å². The van der Waals surface area contributed by atoms with E-state index in [4.69, 9.17) is 5.11 Å². The molecule has 1 aromatic heterocycles. The first-order valence-electron chi connectivity index (χ1n) is 7.32. The minimum Gasteiger partial charge on any atom is -0.481 e.